The van der Waals surface area contributed by atoms with Crippen LogP contribution in [0, 0.1) is 0 Å². The first kappa shape index (κ1) is 18.6. The van der Waals surface area contributed by atoms with Gasteiger partial charge in [-0.05, 0) is 12.8 Å². The fourth-order valence-corrected chi connectivity index (χ4v) is 1.39. The van der Waals surface area contributed by atoms with Crippen molar-refractivity contribution in [3.8, 4) is 0 Å². The molecular formula is C11H23ClN2O3. The maximum absolute atomic E-state index is 11.7. The van der Waals surface area contributed by atoms with Gasteiger partial charge in [0.2, 0.25) is 5.91 Å². The fraction of sp³-hybridized carbons (Fsp3) is 0.818. The Bertz CT molecular complexity index is 237. The first-order valence-corrected chi connectivity index (χ1v) is 5.60. The Morgan fingerprint density at radius 1 is 1.41 bits per heavy atom. The molecule has 0 aliphatic rings. The molecule has 17 heavy (non-hydrogen) atoms. The molecule has 1 atom stereocenters. The van der Waals surface area contributed by atoms with Crippen LogP contribution >= 0.6 is 12.4 Å². The molecule has 0 saturated heterocycles. The van der Waals surface area contributed by atoms with E-state index >= 15 is 0 Å². The SMILES string of the molecule is CCCC(N)C(=O)N(C)CCCC(=O)OC.Cl. The molecule has 6 heteroatoms. The zero-order chi connectivity index (χ0) is 12.6. The van der Waals surface area contributed by atoms with Gasteiger partial charge in [0.15, 0.2) is 0 Å². The summed E-state index contributed by atoms with van der Waals surface area (Å²) in [5.74, 6) is -0.314. The van der Waals surface area contributed by atoms with Gasteiger partial charge in [-0.2, -0.15) is 0 Å². The van der Waals surface area contributed by atoms with Crippen molar-refractivity contribution in [2.45, 2.75) is 38.6 Å². The van der Waals surface area contributed by atoms with E-state index in [0.717, 1.165) is 6.42 Å². The van der Waals surface area contributed by atoms with Crippen molar-refractivity contribution in [2.75, 3.05) is 20.7 Å². The molecule has 5 nitrogen and oxygen atoms in total. The predicted octanol–water partition coefficient (Wildman–Crippen LogP) is 0.947. The number of carbonyl (C=O) groups is 2. The third kappa shape index (κ3) is 7.99. The number of methoxy groups -OCH3 is 1. The molecule has 0 radical (unpaired) electrons. The van der Waals surface area contributed by atoms with Gasteiger partial charge in [-0.1, -0.05) is 13.3 Å². The monoisotopic (exact) mass is 266 g/mol. The fourth-order valence-electron chi connectivity index (χ4n) is 1.39. The Hall–Kier alpha value is -0.810. The van der Waals surface area contributed by atoms with Crippen molar-refractivity contribution < 1.29 is 14.3 Å². The van der Waals surface area contributed by atoms with Crippen LogP contribution in [0.1, 0.15) is 32.6 Å². The first-order chi connectivity index (χ1) is 7.52. The molecule has 1 amide bonds. The largest absolute Gasteiger partial charge is 0.469 e. The molecule has 0 aromatic heterocycles. The van der Waals surface area contributed by atoms with Crippen molar-refractivity contribution in [1.82, 2.24) is 4.90 Å². The van der Waals surface area contributed by atoms with E-state index in [-0.39, 0.29) is 24.3 Å². The summed E-state index contributed by atoms with van der Waals surface area (Å²) in [7, 11) is 3.06. The highest BCUT2D eigenvalue weighted by Crippen LogP contribution is 2.01. The molecule has 0 spiro atoms. The summed E-state index contributed by atoms with van der Waals surface area (Å²) < 4.78 is 4.51. The summed E-state index contributed by atoms with van der Waals surface area (Å²) in [6.07, 6.45) is 2.52. The lowest BCUT2D eigenvalue weighted by Gasteiger charge is -2.20. The molecule has 0 heterocycles. The second-order valence-electron chi connectivity index (χ2n) is 3.83. The van der Waals surface area contributed by atoms with Crippen molar-refractivity contribution in [2.24, 2.45) is 5.73 Å². The van der Waals surface area contributed by atoms with Gasteiger partial charge in [0.05, 0.1) is 13.2 Å². The standard InChI is InChI=1S/C11H22N2O3.ClH/c1-4-6-9(12)11(15)13(2)8-5-7-10(14)16-3;/h9H,4-8,12H2,1-3H3;1H. The van der Waals surface area contributed by atoms with Crippen molar-refractivity contribution in [1.29, 1.82) is 0 Å². The van der Waals surface area contributed by atoms with E-state index in [4.69, 9.17) is 5.73 Å². The van der Waals surface area contributed by atoms with Crippen LogP contribution in [0.25, 0.3) is 0 Å². The number of halogens is 1. The molecule has 0 aliphatic carbocycles. The second kappa shape index (κ2) is 10.4. The Morgan fingerprint density at radius 3 is 2.47 bits per heavy atom. The molecule has 0 saturated carbocycles. The highest BCUT2D eigenvalue weighted by molar-refractivity contribution is 5.85. The van der Waals surface area contributed by atoms with E-state index in [1.165, 1.54) is 7.11 Å². The second-order valence-corrected chi connectivity index (χ2v) is 3.83. The van der Waals surface area contributed by atoms with Gasteiger partial charge in [0, 0.05) is 20.0 Å². The zero-order valence-corrected chi connectivity index (χ0v) is 11.6. The van der Waals surface area contributed by atoms with E-state index < -0.39 is 6.04 Å². The van der Waals surface area contributed by atoms with E-state index in [2.05, 4.69) is 4.74 Å². The number of ether oxygens (including phenoxy) is 1. The molecule has 2 N–H and O–H groups in total. The Balaban J connectivity index is 0. The molecule has 1 unspecified atom stereocenters. The van der Waals surface area contributed by atoms with Crippen LogP contribution in [0.15, 0.2) is 0 Å². The summed E-state index contributed by atoms with van der Waals surface area (Å²) in [4.78, 5) is 24.1. The highest BCUT2D eigenvalue weighted by atomic mass is 35.5. The molecule has 0 aromatic rings. The van der Waals surface area contributed by atoms with Gasteiger partial charge in [-0.25, -0.2) is 0 Å². The number of hydrogen-bond donors (Lipinski definition) is 1. The number of rotatable bonds is 7. The van der Waals surface area contributed by atoms with E-state index in [9.17, 15) is 9.59 Å². The van der Waals surface area contributed by atoms with Gasteiger partial charge in [0.1, 0.15) is 0 Å². The van der Waals surface area contributed by atoms with Crippen LogP contribution < -0.4 is 5.73 Å². The molecule has 102 valence electrons. The topological polar surface area (TPSA) is 72.6 Å². The average Bonchev–Trinajstić information content (AvgIpc) is 2.27. The smallest absolute Gasteiger partial charge is 0.305 e. The summed E-state index contributed by atoms with van der Waals surface area (Å²) in [5, 5.41) is 0. The van der Waals surface area contributed by atoms with Gasteiger partial charge in [0.25, 0.3) is 0 Å². The number of likely N-dealkylation sites (N-methyl/N-ethyl adjacent to an activating group) is 1. The van der Waals surface area contributed by atoms with Gasteiger partial charge >= 0.3 is 5.97 Å². The number of nitrogens with zero attached hydrogens (tertiary/aromatic N) is 1. The molecule has 0 fully saturated rings. The quantitative estimate of drug-likeness (QED) is 0.697. The van der Waals surface area contributed by atoms with Gasteiger partial charge in [-0.15, -0.1) is 12.4 Å². The molecule has 0 rings (SSSR count). The third-order valence-corrected chi connectivity index (χ3v) is 2.40. The maximum atomic E-state index is 11.7. The lowest BCUT2D eigenvalue weighted by molar-refractivity contribution is -0.141. The van der Waals surface area contributed by atoms with Crippen molar-refractivity contribution in [3.63, 3.8) is 0 Å². The maximum Gasteiger partial charge on any atom is 0.305 e. The van der Waals surface area contributed by atoms with E-state index in [1.807, 2.05) is 6.92 Å². The van der Waals surface area contributed by atoms with E-state index in [0.29, 0.717) is 25.8 Å². The molecule has 0 bridgehead atoms. The minimum Gasteiger partial charge on any atom is -0.469 e. The van der Waals surface area contributed by atoms with Crippen LogP contribution in [0.3, 0.4) is 0 Å². The van der Waals surface area contributed by atoms with E-state index in [1.54, 1.807) is 11.9 Å². The molecule has 0 aromatic carbocycles. The normalized spacial score (nSPS) is 11.3. The number of hydrogen-bond acceptors (Lipinski definition) is 4. The minimum absolute atomic E-state index is 0. The summed E-state index contributed by atoms with van der Waals surface area (Å²) in [5.41, 5.74) is 5.70. The first-order valence-electron chi connectivity index (χ1n) is 5.60. The molecule has 0 aliphatic heterocycles. The highest BCUT2D eigenvalue weighted by Gasteiger charge is 2.16. The van der Waals surface area contributed by atoms with Gasteiger partial charge in [-0.3, -0.25) is 9.59 Å². The lowest BCUT2D eigenvalue weighted by Crippen LogP contribution is -2.42. The number of esters is 1. The third-order valence-electron chi connectivity index (χ3n) is 2.40. The minimum atomic E-state index is -0.423. The van der Waals surface area contributed by atoms with Crippen LogP contribution in [0.4, 0.5) is 0 Å². The predicted molar refractivity (Wildman–Crippen MR) is 69.0 cm³/mol. The summed E-state index contributed by atoms with van der Waals surface area (Å²) in [6.45, 7) is 2.52. The molecular weight excluding hydrogens is 244 g/mol. The van der Waals surface area contributed by atoms with Gasteiger partial charge < -0.3 is 15.4 Å². The summed E-state index contributed by atoms with van der Waals surface area (Å²) in [6, 6.07) is -0.423. The number of carbonyl (C=O) groups excluding carboxylic acids is 2. The van der Waals surface area contributed by atoms with Crippen LogP contribution in [-0.2, 0) is 14.3 Å². The van der Waals surface area contributed by atoms with Crippen molar-refractivity contribution >= 4 is 24.3 Å². The summed E-state index contributed by atoms with van der Waals surface area (Å²) >= 11 is 0. The lowest BCUT2D eigenvalue weighted by atomic mass is 10.1. The number of amides is 1. The Kier molecular flexibility index (Phi) is 11.3. The van der Waals surface area contributed by atoms with Crippen LogP contribution in [0.5, 0.6) is 0 Å². The van der Waals surface area contributed by atoms with Crippen LogP contribution in [-0.4, -0.2) is 43.5 Å². The Labute approximate surface area is 109 Å². The average molecular weight is 267 g/mol. The number of nitrogens with two attached hydrogens (primary N) is 1. The zero-order valence-electron chi connectivity index (χ0n) is 10.8. The van der Waals surface area contributed by atoms with Crippen molar-refractivity contribution in [3.05, 3.63) is 0 Å². The van der Waals surface area contributed by atoms with Crippen LogP contribution in [0.2, 0.25) is 0 Å². The Morgan fingerprint density at radius 2 is 2.00 bits per heavy atom.